The number of carbonyl (C=O) groups is 1. The van der Waals surface area contributed by atoms with Crippen LogP contribution in [-0.4, -0.2) is 63.8 Å². The van der Waals surface area contributed by atoms with Crippen molar-refractivity contribution in [3.63, 3.8) is 0 Å². The quantitative estimate of drug-likeness (QED) is 0.454. The van der Waals surface area contributed by atoms with Crippen LogP contribution in [0.2, 0.25) is 0 Å². The maximum Gasteiger partial charge on any atom is 0.269 e. The Bertz CT molecular complexity index is 1140. The second-order valence-corrected chi connectivity index (χ2v) is 7.64. The number of aromatic nitrogens is 2. The van der Waals surface area contributed by atoms with Gasteiger partial charge in [0, 0.05) is 50.1 Å². The van der Waals surface area contributed by atoms with Crippen LogP contribution in [0.1, 0.15) is 21.6 Å². The molecule has 0 atom stereocenters. The van der Waals surface area contributed by atoms with Crippen molar-refractivity contribution in [2.45, 2.75) is 0 Å². The Morgan fingerprint density at radius 1 is 1.00 bits per heavy atom. The van der Waals surface area contributed by atoms with E-state index in [2.05, 4.69) is 14.9 Å². The van der Waals surface area contributed by atoms with Gasteiger partial charge in [-0.15, -0.1) is 0 Å². The van der Waals surface area contributed by atoms with Gasteiger partial charge in [0.1, 0.15) is 0 Å². The van der Waals surface area contributed by atoms with Crippen LogP contribution in [0.4, 0.5) is 5.69 Å². The van der Waals surface area contributed by atoms with Crippen LogP contribution in [0.15, 0.2) is 60.8 Å². The Labute approximate surface area is 186 Å². The topological polar surface area (TPSA) is 92.5 Å². The molecule has 0 N–H and O–H groups in total. The van der Waals surface area contributed by atoms with Gasteiger partial charge >= 0.3 is 0 Å². The standard InChI is InChI=1S/C24H23N5O3/c1-27-13-15-28(16-14-27)24(30)21-17-25-23(19-5-3-2-4-6-19)26-22(21)12-9-18-7-10-20(11-8-18)29(31)32/h2-12,17H,13-16H2,1H3/b12-9+. The Balaban J connectivity index is 1.68. The first kappa shape index (κ1) is 21.3. The largest absolute Gasteiger partial charge is 0.336 e. The molecule has 0 saturated carbocycles. The highest BCUT2D eigenvalue weighted by Crippen LogP contribution is 2.20. The first-order chi connectivity index (χ1) is 15.5. The van der Waals surface area contributed by atoms with Gasteiger partial charge in [-0.1, -0.05) is 36.4 Å². The molecule has 1 saturated heterocycles. The molecular formula is C24H23N5O3. The Morgan fingerprint density at radius 3 is 2.34 bits per heavy atom. The average molecular weight is 429 g/mol. The number of rotatable bonds is 5. The number of likely N-dealkylation sites (N-methyl/N-ethyl adjacent to an activating group) is 1. The summed E-state index contributed by atoms with van der Waals surface area (Å²) in [6, 6.07) is 15.8. The maximum absolute atomic E-state index is 13.2. The molecule has 0 aliphatic carbocycles. The Hall–Kier alpha value is -3.91. The summed E-state index contributed by atoms with van der Waals surface area (Å²) < 4.78 is 0. The lowest BCUT2D eigenvalue weighted by atomic mass is 10.1. The van der Waals surface area contributed by atoms with E-state index < -0.39 is 4.92 Å². The molecule has 3 aromatic rings. The van der Waals surface area contributed by atoms with Gasteiger partial charge in [-0.25, -0.2) is 9.97 Å². The summed E-state index contributed by atoms with van der Waals surface area (Å²) >= 11 is 0. The van der Waals surface area contributed by atoms with Crippen LogP contribution in [0.25, 0.3) is 23.5 Å². The van der Waals surface area contributed by atoms with Crippen molar-refractivity contribution in [3.8, 4) is 11.4 Å². The summed E-state index contributed by atoms with van der Waals surface area (Å²) in [4.78, 5) is 36.8. The summed E-state index contributed by atoms with van der Waals surface area (Å²) in [7, 11) is 2.04. The molecule has 0 bridgehead atoms. The van der Waals surface area contributed by atoms with Gasteiger partial charge in [0.05, 0.1) is 16.2 Å². The molecule has 32 heavy (non-hydrogen) atoms. The number of piperazine rings is 1. The number of non-ortho nitro benzene ring substituents is 1. The highest BCUT2D eigenvalue weighted by atomic mass is 16.6. The van der Waals surface area contributed by atoms with Crippen LogP contribution < -0.4 is 0 Å². The number of amides is 1. The number of benzene rings is 2. The zero-order chi connectivity index (χ0) is 22.5. The number of nitro groups is 1. The molecule has 4 rings (SSSR count). The molecule has 0 spiro atoms. The molecule has 2 heterocycles. The molecule has 1 aliphatic rings. The monoisotopic (exact) mass is 429 g/mol. The van der Waals surface area contributed by atoms with E-state index in [4.69, 9.17) is 0 Å². The van der Waals surface area contributed by atoms with E-state index in [0.29, 0.717) is 30.2 Å². The first-order valence-electron chi connectivity index (χ1n) is 10.3. The van der Waals surface area contributed by atoms with Crippen molar-refractivity contribution in [2.24, 2.45) is 0 Å². The van der Waals surface area contributed by atoms with Crippen molar-refractivity contribution in [3.05, 3.63) is 87.7 Å². The molecule has 8 heteroatoms. The minimum atomic E-state index is -0.434. The number of nitrogens with zero attached hydrogens (tertiary/aromatic N) is 5. The van der Waals surface area contributed by atoms with Gasteiger partial charge in [-0.3, -0.25) is 14.9 Å². The van der Waals surface area contributed by atoms with Crippen molar-refractivity contribution >= 4 is 23.7 Å². The molecule has 2 aromatic carbocycles. The van der Waals surface area contributed by atoms with E-state index in [1.54, 1.807) is 30.5 Å². The lowest BCUT2D eigenvalue weighted by molar-refractivity contribution is -0.384. The van der Waals surface area contributed by atoms with Gasteiger partial charge in [0.25, 0.3) is 11.6 Å². The van der Waals surface area contributed by atoms with E-state index in [-0.39, 0.29) is 11.6 Å². The summed E-state index contributed by atoms with van der Waals surface area (Å²) in [5, 5.41) is 10.9. The lowest BCUT2D eigenvalue weighted by Gasteiger charge is -2.32. The third kappa shape index (κ3) is 4.87. The molecule has 0 radical (unpaired) electrons. The minimum Gasteiger partial charge on any atom is -0.336 e. The van der Waals surface area contributed by atoms with Crippen molar-refractivity contribution < 1.29 is 9.72 Å². The Kier molecular flexibility index (Phi) is 6.32. The van der Waals surface area contributed by atoms with Crippen LogP contribution >= 0.6 is 0 Å². The zero-order valence-electron chi connectivity index (χ0n) is 17.7. The fourth-order valence-electron chi connectivity index (χ4n) is 3.48. The summed E-state index contributed by atoms with van der Waals surface area (Å²) in [5.41, 5.74) is 2.61. The molecule has 1 aliphatic heterocycles. The fraction of sp³-hybridized carbons (Fsp3) is 0.208. The number of hydrogen-bond acceptors (Lipinski definition) is 6. The van der Waals surface area contributed by atoms with E-state index in [1.807, 2.05) is 42.3 Å². The second kappa shape index (κ2) is 9.49. The maximum atomic E-state index is 13.2. The molecular weight excluding hydrogens is 406 g/mol. The zero-order valence-corrected chi connectivity index (χ0v) is 17.7. The van der Waals surface area contributed by atoms with Gasteiger partial charge in [0.15, 0.2) is 5.82 Å². The van der Waals surface area contributed by atoms with Gasteiger partial charge in [0.2, 0.25) is 0 Å². The molecule has 1 fully saturated rings. The van der Waals surface area contributed by atoms with Crippen LogP contribution in [0.3, 0.4) is 0 Å². The molecule has 162 valence electrons. The third-order valence-electron chi connectivity index (χ3n) is 5.41. The van der Waals surface area contributed by atoms with Crippen LogP contribution in [0, 0.1) is 10.1 Å². The average Bonchev–Trinajstić information content (AvgIpc) is 2.83. The number of carbonyl (C=O) groups excluding carboxylic acids is 1. The Morgan fingerprint density at radius 2 is 1.69 bits per heavy atom. The normalized spacial score (nSPS) is 14.6. The predicted molar refractivity (Wildman–Crippen MR) is 123 cm³/mol. The van der Waals surface area contributed by atoms with Crippen LogP contribution in [-0.2, 0) is 0 Å². The third-order valence-corrected chi connectivity index (χ3v) is 5.41. The lowest BCUT2D eigenvalue weighted by Crippen LogP contribution is -2.47. The summed E-state index contributed by atoms with van der Waals surface area (Å²) in [5.74, 6) is 0.435. The van der Waals surface area contributed by atoms with Gasteiger partial charge < -0.3 is 9.80 Å². The van der Waals surface area contributed by atoms with Gasteiger partial charge in [-0.05, 0) is 30.8 Å². The van der Waals surface area contributed by atoms with E-state index >= 15 is 0 Å². The predicted octanol–water partition coefficient (Wildman–Crippen LogP) is 3.61. The fourth-order valence-corrected chi connectivity index (χ4v) is 3.48. The number of hydrogen-bond donors (Lipinski definition) is 0. The smallest absolute Gasteiger partial charge is 0.269 e. The first-order valence-corrected chi connectivity index (χ1v) is 10.3. The highest BCUT2D eigenvalue weighted by molar-refractivity contribution is 5.98. The van der Waals surface area contributed by atoms with E-state index in [0.717, 1.165) is 24.2 Å². The minimum absolute atomic E-state index is 0.0292. The second-order valence-electron chi connectivity index (χ2n) is 7.64. The number of nitro benzene ring substituents is 1. The van der Waals surface area contributed by atoms with Crippen molar-refractivity contribution in [1.82, 2.24) is 19.8 Å². The summed E-state index contributed by atoms with van der Waals surface area (Å²) in [6.45, 7) is 2.95. The molecule has 8 nitrogen and oxygen atoms in total. The van der Waals surface area contributed by atoms with E-state index in [9.17, 15) is 14.9 Å². The summed E-state index contributed by atoms with van der Waals surface area (Å²) in [6.07, 6.45) is 5.14. The van der Waals surface area contributed by atoms with Crippen molar-refractivity contribution in [2.75, 3.05) is 33.2 Å². The van der Waals surface area contributed by atoms with Crippen LogP contribution in [0.5, 0.6) is 0 Å². The highest BCUT2D eigenvalue weighted by Gasteiger charge is 2.23. The van der Waals surface area contributed by atoms with Gasteiger partial charge in [-0.2, -0.15) is 0 Å². The molecule has 1 amide bonds. The van der Waals surface area contributed by atoms with E-state index in [1.165, 1.54) is 12.1 Å². The van der Waals surface area contributed by atoms with Crippen molar-refractivity contribution in [1.29, 1.82) is 0 Å². The molecule has 0 unspecified atom stereocenters. The SMILES string of the molecule is CN1CCN(C(=O)c2cnc(-c3ccccc3)nc2/C=C/c2ccc([N+](=O)[O-])cc2)CC1. The molecule has 1 aromatic heterocycles.